The van der Waals surface area contributed by atoms with E-state index < -0.39 is 11.6 Å². The molecule has 1 aromatic heterocycles. The zero-order valence-electron chi connectivity index (χ0n) is 9.03. The minimum absolute atomic E-state index is 0.0910. The largest absolute Gasteiger partial charge is 0.465 e. The summed E-state index contributed by atoms with van der Waals surface area (Å²) in [6.45, 7) is 0. The first-order valence-electron chi connectivity index (χ1n) is 4.87. The zero-order chi connectivity index (χ0) is 12.4. The van der Waals surface area contributed by atoms with Gasteiger partial charge in [-0.2, -0.15) is 0 Å². The van der Waals surface area contributed by atoms with Crippen molar-refractivity contribution in [1.82, 2.24) is 0 Å². The van der Waals surface area contributed by atoms with Crippen LogP contribution in [0.1, 0.15) is 15.9 Å². The molecule has 88 valence electrons. The Morgan fingerprint density at radius 1 is 1.41 bits per heavy atom. The summed E-state index contributed by atoms with van der Waals surface area (Å²) in [6.07, 6.45) is 0. The molecule has 0 fully saturated rings. The smallest absolute Gasteiger partial charge is 0.351 e. The minimum atomic E-state index is -0.690. The van der Waals surface area contributed by atoms with E-state index in [9.17, 15) is 9.59 Å². The molecule has 0 amide bonds. The van der Waals surface area contributed by atoms with Crippen molar-refractivity contribution in [1.29, 1.82) is 0 Å². The van der Waals surface area contributed by atoms with Crippen LogP contribution in [0, 0.1) is 0 Å². The molecular formula is C12H9BrO4. The van der Waals surface area contributed by atoms with E-state index in [4.69, 9.17) is 4.42 Å². The van der Waals surface area contributed by atoms with Gasteiger partial charge in [-0.3, -0.25) is 0 Å². The molecule has 0 radical (unpaired) electrons. The summed E-state index contributed by atoms with van der Waals surface area (Å²) in [4.78, 5) is 22.9. The second-order valence-electron chi connectivity index (χ2n) is 3.44. The molecule has 1 aromatic carbocycles. The first kappa shape index (κ1) is 11.9. The highest BCUT2D eigenvalue weighted by molar-refractivity contribution is 9.08. The molecule has 0 bridgehead atoms. The number of hydrogen-bond acceptors (Lipinski definition) is 4. The number of rotatable bonds is 2. The van der Waals surface area contributed by atoms with Gasteiger partial charge in [-0.25, -0.2) is 9.59 Å². The number of alkyl halides is 1. The van der Waals surface area contributed by atoms with Crippen molar-refractivity contribution >= 4 is 32.9 Å². The predicted molar refractivity (Wildman–Crippen MR) is 66.5 cm³/mol. The molecule has 2 rings (SSSR count). The van der Waals surface area contributed by atoms with Gasteiger partial charge >= 0.3 is 11.6 Å². The van der Waals surface area contributed by atoms with E-state index in [-0.39, 0.29) is 5.56 Å². The van der Waals surface area contributed by atoms with Gasteiger partial charge in [0, 0.05) is 10.7 Å². The fraction of sp³-hybridized carbons (Fsp3) is 0.167. The summed E-state index contributed by atoms with van der Waals surface area (Å²) in [5.41, 5.74) is 0.706. The van der Waals surface area contributed by atoms with Crippen molar-refractivity contribution in [3.8, 4) is 0 Å². The van der Waals surface area contributed by atoms with Gasteiger partial charge in [-0.1, -0.05) is 22.0 Å². The first-order chi connectivity index (χ1) is 8.15. The van der Waals surface area contributed by atoms with Crippen LogP contribution in [0.15, 0.2) is 33.5 Å². The third kappa shape index (κ3) is 2.24. The number of carbonyl (C=O) groups excluding carboxylic acids is 1. The predicted octanol–water partition coefficient (Wildman–Crippen LogP) is 2.47. The SMILES string of the molecule is COC(=O)c1cc2cc(CBr)ccc2oc1=O. The molecule has 0 unspecified atom stereocenters. The Bertz CT molecular complexity index is 630. The maximum atomic E-state index is 11.5. The fourth-order valence-corrected chi connectivity index (χ4v) is 1.86. The highest BCUT2D eigenvalue weighted by Gasteiger charge is 2.13. The number of benzene rings is 1. The van der Waals surface area contributed by atoms with Gasteiger partial charge < -0.3 is 9.15 Å². The summed E-state index contributed by atoms with van der Waals surface area (Å²) in [5.74, 6) is -0.690. The monoisotopic (exact) mass is 296 g/mol. The number of halogens is 1. The van der Waals surface area contributed by atoms with Gasteiger partial charge in [-0.05, 0) is 23.8 Å². The molecule has 0 N–H and O–H groups in total. The summed E-state index contributed by atoms with van der Waals surface area (Å²) in [7, 11) is 1.22. The lowest BCUT2D eigenvalue weighted by molar-refractivity contribution is 0.0596. The maximum Gasteiger partial charge on any atom is 0.351 e. The highest BCUT2D eigenvalue weighted by Crippen LogP contribution is 2.17. The quantitative estimate of drug-likeness (QED) is 0.485. The Morgan fingerprint density at radius 2 is 2.18 bits per heavy atom. The average molecular weight is 297 g/mol. The third-order valence-corrected chi connectivity index (χ3v) is 3.00. The van der Waals surface area contributed by atoms with Crippen LogP contribution >= 0.6 is 15.9 Å². The van der Waals surface area contributed by atoms with Crippen molar-refractivity contribution < 1.29 is 13.9 Å². The van der Waals surface area contributed by atoms with Gasteiger partial charge in [-0.15, -0.1) is 0 Å². The first-order valence-corrected chi connectivity index (χ1v) is 5.99. The third-order valence-electron chi connectivity index (χ3n) is 2.36. The van der Waals surface area contributed by atoms with Crippen molar-refractivity contribution in [2.75, 3.05) is 7.11 Å². The lowest BCUT2D eigenvalue weighted by Crippen LogP contribution is -2.14. The van der Waals surface area contributed by atoms with E-state index in [1.807, 2.05) is 12.1 Å². The molecule has 0 spiro atoms. The van der Waals surface area contributed by atoms with Gasteiger partial charge in [0.15, 0.2) is 0 Å². The van der Waals surface area contributed by atoms with E-state index in [0.29, 0.717) is 16.3 Å². The Balaban J connectivity index is 2.68. The van der Waals surface area contributed by atoms with Crippen molar-refractivity contribution in [2.24, 2.45) is 0 Å². The Hall–Kier alpha value is -1.62. The topological polar surface area (TPSA) is 56.5 Å². The molecular weight excluding hydrogens is 288 g/mol. The number of methoxy groups -OCH3 is 1. The van der Waals surface area contributed by atoms with E-state index in [1.165, 1.54) is 13.2 Å². The van der Waals surface area contributed by atoms with Gasteiger partial charge in [0.05, 0.1) is 7.11 Å². The van der Waals surface area contributed by atoms with Crippen LogP contribution in [0.5, 0.6) is 0 Å². The van der Waals surface area contributed by atoms with E-state index in [2.05, 4.69) is 20.7 Å². The molecule has 0 aliphatic heterocycles. The molecule has 2 aromatic rings. The van der Waals surface area contributed by atoms with Crippen molar-refractivity contribution in [3.63, 3.8) is 0 Å². The second kappa shape index (κ2) is 4.71. The minimum Gasteiger partial charge on any atom is -0.465 e. The van der Waals surface area contributed by atoms with Crippen LogP contribution in [0.25, 0.3) is 11.0 Å². The fourth-order valence-electron chi connectivity index (χ4n) is 1.51. The number of hydrogen-bond donors (Lipinski definition) is 0. The maximum absolute atomic E-state index is 11.5. The number of carbonyl (C=O) groups is 1. The summed E-state index contributed by atoms with van der Waals surface area (Å²) >= 11 is 3.33. The number of fused-ring (bicyclic) bond motifs is 1. The molecule has 0 atom stereocenters. The van der Waals surface area contributed by atoms with E-state index in [1.54, 1.807) is 6.07 Å². The lowest BCUT2D eigenvalue weighted by Gasteiger charge is -2.02. The van der Waals surface area contributed by atoms with Crippen molar-refractivity contribution in [3.05, 3.63) is 45.8 Å². The van der Waals surface area contributed by atoms with Crippen LogP contribution in [-0.4, -0.2) is 13.1 Å². The Labute approximate surface area is 105 Å². The molecule has 4 nitrogen and oxygen atoms in total. The molecule has 0 aliphatic carbocycles. The second-order valence-corrected chi connectivity index (χ2v) is 4.01. The van der Waals surface area contributed by atoms with Gasteiger partial charge in [0.2, 0.25) is 0 Å². The number of esters is 1. The summed E-state index contributed by atoms with van der Waals surface area (Å²) < 4.78 is 9.56. The lowest BCUT2D eigenvalue weighted by atomic mass is 10.1. The van der Waals surface area contributed by atoms with Crippen molar-refractivity contribution in [2.45, 2.75) is 5.33 Å². The highest BCUT2D eigenvalue weighted by atomic mass is 79.9. The molecule has 1 heterocycles. The number of ether oxygens (including phenoxy) is 1. The molecule has 0 saturated carbocycles. The normalized spacial score (nSPS) is 10.5. The average Bonchev–Trinajstić information content (AvgIpc) is 2.36. The van der Waals surface area contributed by atoms with Crippen LogP contribution in [0.4, 0.5) is 0 Å². The zero-order valence-corrected chi connectivity index (χ0v) is 10.6. The Kier molecular flexibility index (Phi) is 3.28. The molecule has 0 aliphatic rings. The van der Waals surface area contributed by atoms with Crippen LogP contribution in [-0.2, 0) is 10.1 Å². The van der Waals surface area contributed by atoms with Gasteiger partial charge in [0.1, 0.15) is 11.1 Å². The summed E-state index contributed by atoms with van der Waals surface area (Å²) in [6, 6.07) is 6.88. The van der Waals surface area contributed by atoms with E-state index in [0.717, 1.165) is 5.56 Å². The van der Waals surface area contributed by atoms with Crippen LogP contribution in [0.2, 0.25) is 0 Å². The van der Waals surface area contributed by atoms with E-state index >= 15 is 0 Å². The summed E-state index contributed by atoms with van der Waals surface area (Å²) in [5, 5.41) is 1.39. The molecule has 5 heteroatoms. The van der Waals surface area contributed by atoms with Gasteiger partial charge in [0.25, 0.3) is 0 Å². The molecule has 0 saturated heterocycles. The van der Waals surface area contributed by atoms with Crippen LogP contribution < -0.4 is 5.63 Å². The van der Waals surface area contributed by atoms with Crippen LogP contribution in [0.3, 0.4) is 0 Å². The standard InChI is InChI=1S/C12H9BrO4/c1-16-11(14)9-5-8-4-7(6-13)2-3-10(8)17-12(9)15/h2-5H,6H2,1H3. The Morgan fingerprint density at radius 3 is 2.82 bits per heavy atom. The molecule has 17 heavy (non-hydrogen) atoms.